The van der Waals surface area contributed by atoms with Crippen molar-refractivity contribution in [2.45, 2.75) is 45.3 Å². The molecule has 1 heterocycles. The number of hydrogen-bond donors (Lipinski definition) is 1. The molecule has 1 fully saturated rings. The fraction of sp³-hybridized carbons (Fsp3) is 0.692. The van der Waals surface area contributed by atoms with Crippen LogP contribution in [0.4, 0.5) is 0 Å². The second kappa shape index (κ2) is 4.39. The van der Waals surface area contributed by atoms with Crippen molar-refractivity contribution in [1.82, 2.24) is 9.78 Å². The van der Waals surface area contributed by atoms with Gasteiger partial charge in [0.25, 0.3) is 0 Å². The number of carboxylic acids is 1. The number of carbonyl (C=O) groups is 1. The summed E-state index contributed by atoms with van der Waals surface area (Å²) in [4.78, 5) is 11.3. The Morgan fingerprint density at radius 1 is 1.56 bits per heavy atom. The van der Waals surface area contributed by atoms with E-state index in [2.05, 4.69) is 5.10 Å². The first kappa shape index (κ1) is 13.1. The molecule has 18 heavy (non-hydrogen) atoms. The minimum Gasteiger partial charge on any atom is -0.478 e. The van der Waals surface area contributed by atoms with E-state index in [0.717, 1.165) is 12.8 Å². The zero-order valence-electron chi connectivity index (χ0n) is 11.3. The molecule has 0 saturated heterocycles. The predicted octanol–water partition coefficient (Wildman–Crippen LogP) is 2.43. The number of aromatic nitrogens is 2. The maximum Gasteiger partial charge on any atom is 0.339 e. The van der Waals surface area contributed by atoms with Crippen molar-refractivity contribution in [3.8, 4) is 0 Å². The normalized spacial score (nSPS) is 17.8. The van der Waals surface area contributed by atoms with Crippen molar-refractivity contribution in [2.75, 3.05) is 7.11 Å². The Hall–Kier alpha value is -1.36. The Labute approximate surface area is 107 Å². The molecule has 1 aliphatic rings. The molecule has 1 saturated carbocycles. The molecular formula is C13H20N2O3. The highest BCUT2D eigenvalue weighted by atomic mass is 16.5. The molecule has 0 amide bonds. The molecular weight excluding hydrogens is 232 g/mol. The summed E-state index contributed by atoms with van der Waals surface area (Å²) in [7, 11) is 1.63. The molecule has 0 aliphatic heterocycles. The van der Waals surface area contributed by atoms with Crippen LogP contribution in [-0.4, -0.2) is 28.0 Å². The molecule has 1 aliphatic carbocycles. The quantitative estimate of drug-likeness (QED) is 0.893. The average molecular weight is 252 g/mol. The van der Waals surface area contributed by atoms with Crippen molar-refractivity contribution in [2.24, 2.45) is 5.92 Å². The monoisotopic (exact) mass is 252 g/mol. The summed E-state index contributed by atoms with van der Waals surface area (Å²) in [5, 5.41) is 13.5. The molecule has 0 spiro atoms. The minimum absolute atomic E-state index is 0.169. The fourth-order valence-corrected chi connectivity index (χ4v) is 2.26. The van der Waals surface area contributed by atoms with Crippen LogP contribution in [0.3, 0.4) is 0 Å². The number of methoxy groups -OCH3 is 1. The van der Waals surface area contributed by atoms with E-state index in [9.17, 15) is 9.90 Å². The van der Waals surface area contributed by atoms with Gasteiger partial charge in [0, 0.05) is 7.11 Å². The van der Waals surface area contributed by atoms with Crippen LogP contribution in [0.1, 0.15) is 55.8 Å². The summed E-state index contributed by atoms with van der Waals surface area (Å²) in [6, 6.07) is 0. The average Bonchev–Trinajstić information content (AvgIpc) is 2.95. The van der Waals surface area contributed by atoms with Crippen molar-refractivity contribution in [1.29, 1.82) is 0 Å². The lowest BCUT2D eigenvalue weighted by Crippen LogP contribution is -2.28. The summed E-state index contributed by atoms with van der Waals surface area (Å²) >= 11 is 0. The molecule has 0 aromatic carbocycles. The Balaban J connectivity index is 2.52. The zero-order valence-corrected chi connectivity index (χ0v) is 11.3. The topological polar surface area (TPSA) is 64.3 Å². The molecule has 5 heteroatoms. The summed E-state index contributed by atoms with van der Waals surface area (Å²) < 4.78 is 7.30. The lowest BCUT2D eigenvalue weighted by molar-refractivity contribution is 0.0623. The third-order valence-electron chi connectivity index (χ3n) is 3.25. The molecule has 100 valence electrons. The summed E-state index contributed by atoms with van der Waals surface area (Å²) in [5.41, 5.74) is 0.693. The summed E-state index contributed by atoms with van der Waals surface area (Å²) in [6.45, 7) is 6.03. The third kappa shape index (κ3) is 2.27. The van der Waals surface area contributed by atoms with Crippen molar-refractivity contribution in [3.63, 3.8) is 0 Å². The second-order valence-electron chi connectivity index (χ2n) is 5.82. The van der Waals surface area contributed by atoms with Gasteiger partial charge < -0.3 is 9.84 Å². The Kier molecular flexibility index (Phi) is 3.19. The largest absolute Gasteiger partial charge is 0.478 e. The standard InChI is InChI=1S/C13H20N2O3/c1-13(2,3)15-10(9(7-14-15)12(16)17)11(18-4)8-5-6-8/h7-8,11H,5-6H2,1-4H3,(H,16,17). The number of ether oxygens (including phenoxy) is 1. The zero-order chi connectivity index (χ0) is 13.5. The van der Waals surface area contributed by atoms with E-state index in [4.69, 9.17) is 4.74 Å². The van der Waals surface area contributed by atoms with Crippen molar-refractivity contribution in [3.05, 3.63) is 17.5 Å². The van der Waals surface area contributed by atoms with Gasteiger partial charge in [0.05, 0.1) is 17.4 Å². The lowest BCUT2D eigenvalue weighted by atomic mass is 10.0. The van der Waals surface area contributed by atoms with Gasteiger partial charge in [0.15, 0.2) is 0 Å². The van der Waals surface area contributed by atoms with E-state index >= 15 is 0 Å². The van der Waals surface area contributed by atoms with Crippen LogP contribution in [0.15, 0.2) is 6.20 Å². The minimum atomic E-state index is -0.941. The Morgan fingerprint density at radius 3 is 2.56 bits per heavy atom. The van der Waals surface area contributed by atoms with Crippen LogP contribution in [0, 0.1) is 5.92 Å². The lowest BCUT2D eigenvalue weighted by Gasteiger charge is -2.26. The molecule has 1 aromatic rings. The van der Waals surface area contributed by atoms with E-state index in [1.807, 2.05) is 20.8 Å². The van der Waals surface area contributed by atoms with E-state index < -0.39 is 5.97 Å². The first-order valence-electron chi connectivity index (χ1n) is 6.20. The maximum atomic E-state index is 11.3. The van der Waals surface area contributed by atoms with Crippen LogP contribution in [0.5, 0.6) is 0 Å². The highest BCUT2D eigenvalue weighted by Crippen LogP contribution is 2.44. The van der Waals surface area contributed by atoms with Crippen molar-refractivity contribution < 1.29 is 14.6 Å². The van der Waals surface area contributed by atoms with E-state index in [-0.39, 0.29) is 17.2 Å². The molecule has 0 bridgehead atoms. The summed E-state index contributed by atoms with van der Waals surface area (Å²) in [6.07, 6.45) is 3.44. The molecule has 1 atom stereocenters. The van der Waals surface area contributed by atoms with Crippen LogP contribution >= 0.6 is 0 Å². The Bertz CT molecular complexity index is 455. The van der Waals surface area contributed by atoms with Gasteiger partial charge in [-0.15, -0.1) is 0 Å². The fourth-order valence-electron chi connectivity index (χ4n) is 2.26. The maximum absolute atomic E-state index is 11.3. The first-order valence-corrected chi connectivity index (χ1v) is 6.20. The predicted molar refractivity (Wildman–Crippen MR) is 66.7 cm³/mol. The van der Waals surface area contributed by atoms with Gasteiger partial charge in [-0.3, -0.25) is 4.68 Å². The van der Waals surface area contributed by atoms with Gasteiger partial charge in [-0.05, 0) is 39.5 Å². The van der Waals surface area contributed by atoms with E-state index in [0.29, 0.717) is 11.6 Å². The summed E-state index contributed by atoms with van der Waals surface area (Å²) in [5.74, 6) is -0.519. The first-order chi connectivity index (χ1) is 8.36. The van der Waals surface area contributed by atoms with Crippen LogP contribution in [0.2, 0.25) is 0 Å². The highest BCUT2D eigenvalue weighted by molar-refractivity contribution is 5.88. The second-order valence-corrected chi connectivity index (χ2v) is 5.82. The molecule has 5 nitrogen and oxygen atoms in total. The van der Waals surface area contributed by atoms with Crippen LogP contribution in [0.25, 0.3) is 0 Å². The molecule has 1 unspecified atom stereocenters. The molecule has 1 aromatic heterocycles. The van der Waals surface area contributed by atoms with Gasteiger partial charge in [-0.25, -0.2) is 4.79 Å². The van der Waals surface area contributed by atoms with Gasteiger partial charge >= 0.3 is 5.97 Å². The molecule has 2 rings (SSSR count). The molecule has 1 N–H and O–H groups in total. The number of nitrogens with zero attached hydrogens (tertiary/aromatic N) is 2. The number of aromatic carboxylic acids is 1. The Morgan fingerprint density at radius 2 is 2.17 bits per heavy atom. The van der Waals surface area contributed by atoms with Crippen molar-refractivity contribution >= 4 is 5.97 Å². The van der Waals surface area contributed by atoms with E-state index in [1.165, 1.54) is 6.20 Å². The third-order valence-corrected chi connectivity index (χ3v) is 3.25. The number of rotatable bonds is 4. The molecule has 0 radical (unpaired) electrons. The van der Waals surface area contributed by atoms with Gasteiger partial charge in [0.1, 0.15) is 11.7 Å². The number of carboxylic acid groups (broad SMARTS) is 1. The van der Waals surface area contributed by atoms with Gasteiger partial charge in [-0.2, -0.15) is 5.10 Å². The van der Waals surface area contributed by atoms with Crippen LogP contribution < -0.4 is 0 Å². The highest BCUT2D eigenvalue weighted by Gasteiger charge is 2.39. The van der Waals surface area contributed by atoms with Crippen LogP contribution in [-0.2, 0) is 10.3 Å². The SMILES string of the molecule is COC(c1c(C(=O)O)cnn1C(C)(C)C)C1CC1. The number of hydrogen-bond acceptors (Lipinski definition) is 3. The smallest absolute Gasteiger partial charge is 0.339 e. The van der Waals surface area contributed by atoms with E-state index in [1.54, 1.807) is 11.8 Å². The van der Waals surface area contributed by atoms with Gasteiger partial charge in [0.2, 0.25) is 0 Å². The van der Waals surface area contributed by atoms with Gasteiger partial charge in [-0.1, -0.05) is 0 Å².